The molecular weight excluding hydrogens is 334 g/mol. The summed E-state index contributed by atoms with van der Waals surface area (Å²) in [6.45, 7) is 3.57. The highest BCUT2D eigenvalue weighted by Gasteiger charge is 2.28. The first kappa shape index (κ1) is 16.6. The highest BCUT2D eigenvalue weighted by atomic mass is 32.2. The van der Waals surface area contributed by atoms with E-state index in [0.29, 0.717) is 11.6 Å². The molecule has 2 aromatic rings. The van der Waals surface area contributed by atoms with Crippen molar-refractivity contribution in [3.8, 4) is 5.69 Å². The van der Waals surface area contributed by atoms with Crippen LogP contribution in [0, 0.1) is 0 Å². The lowest BCUT2D eigenvalue weighted by atomic mass is 10.1. The second kappa shape index (κ2) is 7.58. The molecule has 1 aromatic heterocycles. The molecular formula is C18H23N5OS. The third kappa shape index (κ3) is 3.57. The Hall–Kier alpha value is -1.86. The predicted octanol–water partition coefficient (Wildman–Crippen LogP) is 1.92. The number of thioether (sulfide) groups is 1. The molecule has 0 bridgehead atoms. The van der Waals surface area contributed by atoms with Gasteiger partial charge < -0.3 is 4.90 Å². The average Bonchev–Trinajstić information content (AvgIpc) is 3.23. The minimum atomic E-state index is 0.100. The summed E-state index contributed by atoms with van der Waals surface area (Å²) in [5.74, 6) is 2.65. The van der Waals surface area contributed by atoms with Gasteiger partial charge in [-0.1, -0.05) is 12.1 Å². The molecule has 2 saturated heterocycles. The molecule has 6 nitrogen and oxygen atoms in total. The lowest BCUT2D eigenvalue weighted by Gasteiger charge is -2.40. The molecule has 1 aromatic carbocycles. The Labute approximate surface area is 152 Å². The van der Waals surface area contributed by atoms with Crippen molar-refractivity contribution in [2.75, 3.05) is 37.7 Å². The van der Waals surface area contributed by atoms with Crippen molar-refractivity contribution >= 4 is 17.7 Å². The monoisotopic (exact) mass is 357 g/mol. The Morgan fingerprint density at radius 3 is 2.40 bits per heavy atom. The smallest absolute Gasteiger partial charge is 0.256 e. The molecule has 0 N–H and O–H groups in total. The Bertz CT molecular complexity index is 706. The summed E-state index contributed by atoms with van der Waals surface area (Å²) in [5.41, 5.74) is 1.55. The van der Waals surface area contributed by atoms with Crippen LogP contribution in [-0.2, 0) is 0 Å². The summed E-state index contributed by atoms with van der Waals surface area (Å²) < 4.78 is 1.79. The van der Waals surface area contributed by atoms with Crippen molar-refractivity contribution in [1.82, 2.24) is 24.6 Å². The number of para-hydroxylation sites is 1. The Kier molecular flexibility index (Phi) is 5.03. The van der Waals surface area contributed by atoms with Gasteiger partial charge in [0.05, 0.1) is 11.3 Å². The van der Waals surface area contributed by atoms with Crippen molar-refractivity contribution in [2.24, 2.45) is 0 Å². The maximum Gasteiger partial charge on any atom is 0.256 e. The molecule has 25 heavy (non-hydrogen) atoms. The third-order valence-electron chi connectivity index (χ3n) is 5.14. The van der Waals surface area contributed by atoms with Crippen LogP contribution in [0.2, 0.25) is 0 Å². The second-order valence-electron chi connectivity index (χ2n) is 6.56. The average molecular weight is 357 g/mol. The van der Waals surface area contributed by atoms with Gasteiger partial charge in [-0.05, 0) is 36.5 Å². The van der Waals surface area contributed by atoms with Gasteiger partial charge in [0, 0.05) is 32.2 Å². The maximum absolute atomic E-state index is 13.0. The minimum Gasteiger partial charge on any atom is -0.336 e. The van der Waals surface area contributed by atoms with E-state index in [-0.39, 0.29) is 5.91 Å². The van der Waals surface area contributed by atoms with Gasteiger partial charge in [0.25, 0.3) is 5.91 Å². The van der Waals surface area contributed by atoms with Crippen molar-refractivity contribution in [3.63, 3.8) is 0 Å². The van der Waals surface area contributed by atoms with Gasteiger partial charge in [0.15, 0.2) is 0 Å². The van der Waals surface area contributed by atoms with E-state index in [1.54, 1.807) is 17.2 Å². The van der Waals surface area contributed by atoms with Crippen LogP contribution in [0.5, 0.6) is 0 Å². The van der Waals surface area contributed by atoms with Crippen LogP contribution in [0.25, 0.3) is 5.69 Å². The quantitative estimate of drug-likeness (QED) is 0.840. The summed E-state index contributed by atoms with van der Waals surface area (Å²) in [6.07, 6.45) is 5.83. The van der Waals surface area contributed by atoms with E-state index >= 15 is 0 Å². The van der Waals surface area contributed by atoms with Gasteiger partial charge in [-0.3, -0.25) is 14.3 Å². The zero-order chi connectivity index (χ0) is 17.1. The molecule has 4 rings (SSSR count). The van der Waals surface area contributed by atoms with E-state index in [1.807, 2.05) is 29.2 Å². The molecule has 2 fully saturated rings. The molecule has 7 heteroatoms. The van der Waals surface area contributed by atoms with Crippen LogP contribution in [-0.4, -0.2) is 74.2 Å². The fraction of sp³-hybridized carbons (Fsp3) is 0.500. The molecule has 0 radical (unpaired) electrons. The summed E-state index contributed by atoms with van der Waals surface area (Å²) >= 11 is 2.06. The minimum absolute atomic E-state index is 0.100. The second-order valence-corrected chi connectivity index (χ2v) is 7.78. The molecule has 3 heterocycles. The first-order valence-electron chi connectivity index (χ1n) is 8.88. The van der Waals surface area contributed by atoms with Crippen molar-refractivity contribution in [1.29, 1.82) is 0 Å². The number of hydrogen-bond acceptors (Lipinski definition) is 5. The topological polar surface area (TPSA) is 54.3 Å². The summed E-state index contributed by atoms with van der Waals surface area (Å²) in [7, 11) is 0. The fourth-order valence-corrected chi connectivity index (χ4v) is 4.80. The molecule has 2 aliphatic rings. The van der Waals surface area contributed by atoms with Crippen LogP contribution in [0.4, 0.5) is 0 Å². The highest BCUT2D eigenvalue weighted by molar-refractivity contribution is 7.99. The number of piperazine rings is 1. The molecule has 2 aliphatic heterocycles. The highest BCUT2D eigenvalue weighted by Crippen LogP contribution is 2.23. The number of carbonyl (C=O) groups excluding carboxylic acids is 1. The third-order valence-corrected chi connectivity index (χ3v) is 6.19. The van der Waals surface area contributed by atoms with Crippen molar-refractivity contribution in [2.45, 2.75) is 18.9 Å². The predicted molar refractivity (Wildman–Crippen MR) is 99.2 cm³/mol. The van der Waals surface area contributed by atoms with Crippen molar-refractivity contribution in [3.05, 3.63) is 42.5 Å². The van der Waals surface area contributed by atoms with E-state index in [2.05, 4.69) is 26.9 Å². The number of amides is 1. The number of carbonyl (C=O) groups is 1. The maximum atomic E-state index is 13.0. The fourth-order valence-electron chi connectivity index (χ4n) is 3.72. The van der Waals surface area contributed by atoms with E-state index in [0.717, 1.165) is 31.9 Å². The SMILES string of the molecule is O=C(c1ccccc1-n1cnnc1)N1CCN(C2CCSCC2)CC1. The van der Waals surface area contributed by atoms with Crippen LogP contribution in [0.15, 0.2) is 36.9 Å². The number of hydrogen-bond donors (Lipinski definition) is 0. The zero-order valence-electron chi connectivity index (χ0n) is 14.3. The molecule has 0 atom stereocenters. The molecule has 0 spiro atoms. The van der Waals surface area contributed by atoms with Crippen molar-refractivity contribution < 1.29 is 4.79 Å². The van der Waals surface area contributed by atoms with E-state index in [4.69, 9.17) is 0 Å². The van der Waals surface area contributed by atoms with E-state index in [9.17, 15) is 4.79 Å². The van der Waals surface area contributed by atoms with Gasteiger partial charge >= 0.3 is 0 Å². The van der Waals surface area contributed by atoms with E-state index < -0.39 is 0 Å². The first-order chi connectivity index (χ1) is 12.3. The number of rotatable bonds is 3. The molecule has 0 saturated carbocycles. The number of aromatic nitrogens is 3. The van der Waals surface area contributed by atoms with Crippen LogP contribution in [0.1, 0.15) is 23.2 Å². The Morgan fingerprint density at radius 1 is 1.00 bits per heavy atom. The van der Waals surface area contributed by atoms with Gasteiger partial charge in [0.1, 0.15) is 12.7 Å². The van der Waals surface area contributed by atoms with Gasteiger partial charge in [-0.2, -0.15) is 11.8 Å². The number of benzene rings is 1. The lowest BCUT2D eigenvalue weighted by Crippen LogP contribution is -2.52. The zero-order valence-corrected chi connectivity index (χ0v) is 15.1. The molecule has 0 aliphatic carbocycles. The van der Waals surface area contributed by atoms with Gasteiger partial charge in [0.2, 0.25) is 0 Å². The van der Waals surface area contributed by atoms with Crippen LogP contribution in [0.3, 0.4) is 0 Å². The Balaban J connectivity index is 1.44. The molecule has 132 valence electrons. The van der Waals surface area contributed by atoms with Crippen LogP contribution < -0.4 is 0 Å². The summed E-state index contributed by atoms with van der Waals surface area (Å²) in [5, 5.41) is 7.71. The van der Waals surface area contributed by atoms with E-state index in [1.165, 1.54) is 24.3 Å². The lowest BCUT2D eigenvalue weighted by molar-refractivity contribution is 0.0559. The van der Waals surface area contributed by atoms with Gasteiger partial charge in [-0.25, -0.2) is 0 Å². The van der Waals surface area contributed by atoms with Gasteiger partial charge in [-0.15, -0.1) is 10.2 Å². The summed E-state index contributed by atoms with van der Waals surface area (Å²) in [6, 6.07) is 8.39. The number of nitrogens with zero attached hydrogens (tertiary/aromatic N) is 5. The first-order valence-corrected chi connectivity index (χ1v) is 10.0. The largest absolute Gasteiger partial charge is 0.336 e. The standard InChI is InChI=1S/C18H23N5OS/c24-18(16-3-1-2-4-17(16)23-13-19-20-14-23)22-9-7-21(8-10-22)15-5-11-25-12-6-15/h1-4,13-15H,5-12H2. The molecule has 1 amide bonds. The normalized spacial score (nSPS) is 19.9. The molecule has 0 unspecified atom stereocenters. The Morgan fingerprint density at radius 2 is 1.68 bits per heavy atom. The summed E-state index contributed by atoms with van der Waals surface area (Å²) in [4.78, 5) is 17.6. The van der Waals surface area contributed by atoms with Crippen LogP contribution >= 0.6 is 11.8 Å².